The van der Waals surface area contributed by atoms with Crippen molar-refractivity contribution in [2.24, 2.45) is 5.92 Å². The van der Waals surface area contributed by atoms with Gasteiger partial charge in [-0.15, -0.1) is 0 Å². The summed E-state index contributed by atoms with van der Waals surface area (Å²) in [6, 6.07) is 9.06. The quantitative estimate of drug-likeness (QED) is 0.718. The average molecular weight is 276 g/mol. The highest BCUT2D eigenvalue weighted by atomic mass is 16.5. The first kappa shape index (κ1) is 16.1. The van der Waals surface area contributed by atoms with Crippen molar-refractivity contribution in [3.63, 3.8) is 0 Å². The minimum atomic E-state index is -0.672. The molecule has 0 aliphatic rings. The molecule has 20 heavy (non-hydrogen) atoms. The minimum Gasteiger partial charge on any atom is -0.466 e. The highest BCUT2D eigenvalue weighted by Gasteiger charge is 2.32. The Morgan fingerprint density at radius 1 is 1.05 bits per heavy atom. The van der Waals surface area contributed by atoms with Gasteiger partial charge in [-0.25, -0.2) is 0 Å². The van der Waals surface area contributed by atoms with Crippen LogP contribution in [0.4, 0.5) is 0 Å². The van der Waals surface area contributed by atoms with E-state index >= 15 is 0 Å². The van der Waals surface area contributed by atoms with E-state index in [1.165, 1.54) is 13.8 Å². The summed E-state index contributed by atoms with van der Waals surface area (Å²) in [5.41, 5.74) is 0.754. The maximum Gasteiger partial charge on any atom is 0.306 e. The Hall–Kier alpha value is -1.97. The lowest BCUT2D eigenvalue weighted by atomic mass is 9.79. The summed E-state index contributed by atoms with van der Waals surface area (Å²) in [4.78, 5) is 35.4. The Balaban J connectivity index is 3.05. The standard InChI is InChI=1S/C16H20O4/c1-4-20-15(19)10-14(11(2)17)16(12(3)18)13-8-6-5-7-9-13/h5-9,14,16H,4,10H2,1-3H3. The maximum atomic E-state index is 11.9. The molecule has 2 unspecified atom stereocenters. The van der Waals surface area contributed by atoms with E-state index in [1.54, 1.807) is 19.1 Å². The molecule has 0 radical (unpaired) electrons. The molecule has 1 rings (SSSR count). The van der Waals surface area contributed by atoms with Crippen LogP contribution in [0.5, 0.6) is 0 Å². The predicted octanol–water partition coefficient (Wildman–Crippen LogP) is 2.52. The number of carbonyl (C=O) groups excluding carboxylic acids is 3. The molecule has 0 bridgehead atoms. The lowest BCUT2D eigenvalue weighted by molar-refractivity contribution is -0.146. The van der Waals surface area contributed by atoms with Crippen molar-refractivity contribution in [2.75, 3.05) is 6.61 Å². The number of hydrogen-bond donors (Lipinski definition) is 0. The van der Waals surface area contributed by atoms with Gasteiger partial charge in [0, 0.05) is 5.92 Å². The van der Waals surface area contributed by atoms with Gasteiger partial charge in [0.05, 0.1) is 18.9 Å². The summed E-state index contributed by atoms with van der Waals surface area (Å²) < 4.78 is 4.89. The third kappa shape index (κ3) is 4.30. The third-order valence-electron chi connectivity index (χ3n) is 3.21. The number of hydrogen-bond acceptors (Lipinski definition) is 4. The van der Waals surface area contributed by atoms with E-state index in [4.69, 9.17) is 4.74 Å². The predicted molar refractivity (Wildman–Crippen MR) is 75.3 cm³/mol. The van der Waals surface area contributed by atoms with Gasteiger partial charge in [0.15, 0.2) is 0 Å². The fourth-order valence-corrected chi connectivity index (χ4v) is 2.31. The monoisotopic (exact) mass is 276 g/mol. The minimum absolute atomic E-state index is 0.0671. The van der Waals surface area contributed by atoms with Crippen molar-refractivity contribution in [3.8, 4) is 0 Å². The molecule has 108 valence electrons. The van der Waals surface area contributed by atoms with Crippen LogP contribution < -0.4 is 0 Å². The number of benzene rings is 1. The van der Waals surface area contributed by atoms with Crippen molar-refractivity contribution in [1.82, 2.24) is 0 Å². The average Bonchev–Trinajstić information content (AvgIpc) is 2.39. The fourth-order valence-electron chi connectivity index (χ4n) is 2.31. The molecule has 0 aliphatic carbocycles. The third-order valence-corrected chi connectivity index (χ3v) is 3.21. The molecule has 4 nitrogen and oxygen atoms in total. The van der Waals surface area contributed by atoms with Gasteiger partial charge in [-0.2, -0.15) is 0 Å². The van der Waals surface area contributed by atoms with Gasteiger partial charge in [-0.1, -0.05) is 30.3 Å². The molecule has 4 heteroatoms. The molecule has 0 fully saturated rings. The second kappa shape index (κ2) is 7.58. The largest absolute Gasteiger partial charge is 0.466 e. The van der Waals surface area contributed by atoms with Gasteiger partial charge in [-0.05, 0) is 26.3 Å². The van der Waals surface area contributed by atoms with E-state index in [9.17, 15) is 14.4 Å². The SMILES string of the molecule is CCOC(=O)CC(C(C)=O)C(C(C)=O)c1ccccc1. The van der Waals surface area contributed by atoms with E-state index in [0.717, 1.165) is 5.56 Å². The summed E-state index contributed by atoms with van der Waals surface area (Å²) in [5, 5.41) is 0. The van der Waals surface area contributed by atoms with Crippen molar-refractivity contribution >= 4 is 17.5 Å². The van der Waals surface area contributed by atoms with Crippen LogP contribution in [0.2, 0.25) is 0 Å². The zero-order valence-corrected chi connectivity index (χ0v) is 12.1. The normalized spacial score (nSPS) is 13.3. The van der Waals surface area contributed by atoms with Gasteiger partial charge in [-0.3, -0.25) is 14.4 Å². The van der Waals surface area contributed by atoms with Crippen molar-refractivity contribution in [3.05, 3.63) is 35.9 Å². The number of rotatable bonds is 7. The summed E-state index contributed by atoms with van der Waals surface area (Å²) in [6.45, 7) is 4.82. The molecule has 2 atom stereocenters. The Labute approximate surface area is 119 Å². The van der Waals surface area contributed by atoms with Crippen LogP contribution in [0.1, 0.15) is 38.7 Å². The van der Waals surface area contributed by atoms with Gasteiger partial charge < -0.3 is 4.74 Å². The molecule has 0 N–H and O–H groups in total. The second-order valence-corrected chi connectivity index (χ2v) is 4.73. The molecular weight excluding hydrogens is 256 g/mol. The number of ether oxygens (including phenoxy) is 1. The molecule has 0 heterocycles. The zero-order valence-electron chi connectivity index (χ0n) is 12.1. The van der Waals surface area contributed by atoms with Crippen LogP contribution in [0, 0.1) is 5.92 Å². The van der Waals surface area contributed by atoms with Gasteiger partial charge >= 0.3 is 5.97 Å². The lowest BCUT2D eigenvalue weighted by Crippen LogP contribution is -2.28. The number of ketones is 2. The molecule has 0 aromatic heterocycles. The number of carbonyl (C=O) groups is 3. The van der Waals surface area contributed by atoms with E-state index in [1.807, 2.05) is 18.2 Å². The number of esters is 1. The van der Waals surface area contributed by atoms with Crippen LogP contribution in [0.15, 0.2) is 30.3 Å². The molecule has 1 aromatic carbocycles. The molecule has 1 aromatic rings. The van der Waals surface area contributed by atoms with Crippen LogP contribution >= 0.6 is 0 Å². The van der Waals surface area contributed by atoms with Gasteiger partial charge in [0.2, 0.25) is 0 Å². The first-order chi connectivity index (χ1) is 9.47. The Morgan fingerprint density at radius 2 is 1.65 bits per heavy atom. The van der Waals surface area contributed by atoms with Crippen molar-refractivity contribution in [1.29, 1.82) is 0 Å². The summed E-state index contributed by atoms with van der Waals surface area (Å²) >= 11 is 0. The van der Waals surface area contributed by atoms with Crippen LogP contribution in [-0.4, -0.2) is 24.1 Å². The Morgan fingerprint density at radius 3 is 2.10 bits per heavy atom. The highest BCUT2D eigenvalue weighted by Crippen LogP contribution is 2.29. The molecule has 0 saturated carbocycles. The Kier molecular flexibility index (Phi) is 6.10. The van der Waals surface area contributed by atoms with Crippen LogP contribution in [0.3, 0.4) is 0 Å². The molecule has 0 saturated heterocycles. The lowest BCUT2D eigenvalue weighted by Gasteiger charge is -2.22. The van der Waals surface area contributed by atoms with E-state index in [0.29, 0.717) is 0 Å². The van der Waals surface area contributed by atoms with E-state index in [-0.39, 0.29) is 24.6 Å². The zero-order chi connectivity index (χ0) is 15.1. The first-order valence-corrected chi connectivity index (χ1v) is 6.68. The molecule has 0 amide bonds. The van der Waals surface area contributed by atoms with Gasteiger partial charge in [0.25, 0.3) is 0 Å². The molecule has 0 spiro atoms. The molecule has 0 aliphatic heterocycles. The maximum absolute atomic E-state index is 11.9. The van der Waals surface area contributed by atoms with Crippen molar-refractivity contribution < 1.29 is 19.1 Å². The summed E-state index contributed by atoms with van der Waals surface area (Å²) in [6.07, 6.45) is -0.0671. The Bertz CT molecular complexity index is 479. The van der Waals surface area contributed by atoms with E-state index < -0.39 is 17.8 Å². The van der Waals surface area contributed by atoms with Crippen LogP contribution in [0.25, 0.3) is 0 Å². The summed E-state index contributed by atoms with van der Waals surface area (Å²) in [5.74, 6) is -2.02. The highest BCUT2D eigenvalue weighted by molar-refractivity contribution is 5.93. The molecular formula is C16H20O4. The smallest absolute Gasteiger partial charge is 0.306 e. The summed E-state index contributed by atoms with van der Waals surface area (Å²) in [7, 11) is 0. The van der Waals surface area contributed by atoms with Crippen LogP contribution in [-0.2, 0) is 19.1 Å². The first-order valence-electron chi connectivity index (χ1n) is 6.68. The fraction of sp³-hybridized carbons (Fsp3) is 0.438. The second-order valence-electron chi connectivity index (χ2n) is 4.73. The number of Topliss-reactive ketones (excluding diaryl/α,β-unsaturated/α-hetero) is 2. The topological polar surface area (TPSA) is 60.4 Å². The van der Waals surface area contributed by atoms with Crippen molar-refractivity contribution in [2.45, 2.75) is 33.1 Å². The van der Waals surface area contributed by atoms with E-state index in [2.05, 4.69) is 0 Å². The van der Waals surface area contributed by atoms with Gasteiger partial charge in [0.1, 0.15) is 11.6 Å².